The molecule has 0 bridgehead atoms. The highest BCUT2D eigenvalue weighted by Gasteiger charge is 2.12. The van der Waals surface area contributed by atoms with Crippen molar-refractivity contribution in [2.24, 2.45) is 0 Å². The lowest BCUT2D eigenvalue weighted by Gasteiger charge is -2.17. The van der Waals surface area contributed by atoms with Crippen LogP contribution in [0.15, 0.2) is 11.7 Å². The van der Waals surface area contributed by atoms with Crippen LogP contribution in [0.2, 0.25) is 0 Å². The molecule has 0 aromatic heterocycles. The molecule has 0 radical (unpaired) electrons. The monoisotopic (exact) mass is 442 g/mol. The average Bonchev–Trinajstić information content (AvgIpc) is 2.78. The zero-order valence-electron chi connectivity index (χ0n) is 21.5. The molecule has 0 amide bonds. The first-order valence-electron chi connectivity index (χ1n) is 13.5. The lowest BCUT2D eigenvalue weighted by Crippen LogP contribution is -2.10. The summed E-state index contributed by atoms with van der Waals surface area (Å²) in [5, 5.41) is 0. The van der Waals surface area contributed by atoms with E-state index < -0.39 is 0 Å². The lowest BCUT2D eigenvalue weighted by atomic mass is 10.1. The summed E-state index contributed by atoms with van der Waals surface area (Å²) < 4.78 is 23.5. The number of allylic oxidation sites excluding steroid dienone is 1. The van der Waals surface area contributed by atoms with E-state index in [4.69, 9.17) is 18.9 Å². The molecule has 0 rings (SSSR count). The summed E-state index contributed by atoms with van der Waals surface area (Å²) >= 11 is 0. The SMILES string of the molecule is CCCCCCCCCOC(CCC)=C(OCCCCCCCCC)OCOCCC. The van der Waals surface area contributed by atoms with Gasteiger partial charge in [0, 0.05) is 6.42 Å². The fourth-order valence-corrected chi connectivity index (χ4v) is 3.44. The topological polar surface area (TPSA) is 36.9 Å². The normalized spacial score (nSPS) is 12.0. The Morgan fingerprint density at radius 2 is 0.968 bits per heavy atom. The standard InChI is InChI=1S/C27H54O4/c1-5-9-11-13-15-17-19-23-29-26(21-7-3)27(31-25-28-22-8-4)30-24-20-18-16-14-12-10-6-2/h5-25H2,1-4H3. The molecule has 0 saturated carbocycles. The van der Waals surface area contributed by atoms with Gasteiger partial charge in [-0.3, -0.25) is 0 Å². The van der Waals surface area contributed by atoms with E-state index in [2.05, 4.69) is 27.7 Å². The minimum absolute atomic E-state index is 0.230. The molecule has 0 aromatic carbocycles. The Bertz CT molecular complexity index is 381. The van der Waals surface area contributed by atoms with E-state index in [1.54, 1.807) is 0 Å². The maximum absolute atomic E-state index is 6.13. The van der Waals surface area contributed by atoms with Crippen molar-refractivity contribution in [1.82, 2.24) is 0 Å². The van der Waals surface area contributed by atoms with Gasteiger partial charge in [0.25, 0.3) is 0 Å². The zero-order valence-corrected chi connectivity index (χ0v) is 21.5. The van der Waals surface area contributed by atoms with Gasteiger partial charge in [0.05, 0.1) is 19.8 Å². The molecular formula is C27H54O4. The van der Waals surface area contributed by atoms with Crippen molar-refractivity contribution in [3.05, 3.63) is 11.7 Å². The fourth-order valence-electron chi connectivity index (χ4n) is 3.44. The Hall–Kier alpha value is -0.900. The molecule has 4 nitrogen and oxygen atoms in total. The van der Waals surface area contributed by atoms with E-state index in [0.29, 0.717) is 19.2 Å². The minimum Gasteiger partial charge on any atom is -0.491 e. The van der Waals surface area contributed by atoms with Gasteiger partial charge in [-0.15, -0.1) is 0 Å². The van der Waals surface area contributed by atoms with E-state index in [1.165, 1.54) is 77.0 Å². The molecule has 0 atom stereocenters. The van der Waals surface area contributed by atoms with Crippen molar-refractivity contribution in [2.45, 2.75) is 137 Å². The van der Waals surface area contributed by atoms with Crippen LogP contribution in [0.3, 0.4) is 0 Å². The molecule has 0 aromatic rings. The molecule has 0 aliphatic rings. The average molecular weight is 443 g/mol. The van der Waals surface area contributed by atoms with Crippen molar-refractivity contribution in [2.75, 3.05) is 26.6 Å². The first-order valence-corrected chi connectivity index (χ1v) is 13.5. The van der Waals surface area contributed by atoms with Gasteiger partial charge in [-0.1, -0.05) is 105 Å². The van der Waals surface area contributed by atoms with Gasteiger partial charge in [-0.2, -0.15) is 0 Å². The molecule has 0 aliphatic heterocycles. The maximum atomic E-state index is 6.13. The third kappa shape index (κ3) is 20.7. The smallest absolute Gasteiger partial charge is 0.321 e. The van der Waals surface area contributed by atoms with E-state index in [1.807, 2.05) is 0 Å². The van der Waals surface area contributed by atoms with Crippen LogP contribution in [-0.4, -0.2) is 26.6 Å². The quantitative estimate of drug-likeness (QED) is 0.0803. The maximum Gasteiger partial charge on any atom is 0.321 e. The Labute approximate surface area is 194 Å². The van der Waals surface area contributed by atoms with E-state index in [0.717, 1.165) is 44.5 Å². The Balaban J connectivity index is 4.40. The van der Waals surface area contributed by atoms with Crippen molar-refractivity contribution in [1.29, 1.82) is 0 Å². The van der Waals surface area contributed by atoms with Crippen LogP contribution < -0.4 is 0 Å². The Morgan fingerprint density at radius 3 is 1.48 bits per heavy atom. The van der Waals surface area contributed by atoms with Crippen molar-refractivity contribution in [3.8, 4) is 0 Å². The van der Waals surface area contributed by atoms with Gasteiger partial charge >= 0.3 is 5.95 Å². The molecule has 31 heavy (non-hydrogen) atoms. The summed E-state index contributed by atoms with van der Waals surface area (Å²) in [5.74, 6) is 1.41. The Morgan fingerprint density at radius 1 is 0.452 bits per heavy atom. The van der Waals surface area contributed by atoms with Crippen molar-refractivity contribution < 1.29 is 18.9 Å². The molecule has 0 N–H and O–H groups in total. The highest BCUT2D eigenvalue weighted by Crippen LogP contribution is 2.18. The van der Waals surface area contributed by atoms with Crippen LogP contribution in [0.25, 0.3) is 0 Å². The van der Waals surface area contributed by atoms with Crippen LogP contribution in [0.5, 0.6) is 0 Å². The van der Waals surface area contributed by atoms with Crippen LogP contribution in [0.1, 0.15) is 137 Å². The van der Waals surface area contributed by atoms with Gasteiger partial charge in [0.1, 0.15) is 0 Å². The molecule has 0 fully saturated rings. The fraction of sp³-hybridized carbons (Fsp3) is 0.926. The van der Waals surface area contributed by atoms with Crippen LogP contribution in [0, 0.1) is 0 Å². The first-order chi connectivity index (χ1) is 15.3. The third-order valence-electron chi connectivity index (χ3n) is 5.33. The predicted molar refractivity (Wildman–Crippen MR) is 132 cm³/mol. The van der Waals surface area contributed by atoms with Crippen molar-refractivity contribution >= 4 is 0 Å². The molecule has 0 spiro atoms. The van der Waals surface area contributed by atoms with Crippen LogP contribution >= 0.6 is 0 Å². The van der Waals surface area contributed by atoms with Gasteiger partial charge in [0.15, 0.2) is 12.6 Å². The lowest BCUT2D eigenvalue weighted by molar-refractivity contribution is -0.0837. The summed E-state index contributed by atoms with van der Waals surface area (Å²) in [6, 6.07) is 0. The van der Waals surface area contributed by atoms with E-state index >= 15 is 0 Å². The van der Waals surface area contributed by atoms with Gasteiger partial charge in [-0.25, -0.2) is 0 Å². The summed E-state index contributed by atoms with van der Waals surface area (Å²) in [4.78, 5) is 0. The molecule has 0 aliphatic carbocycles. The highest BCUT2D eigenvalue weighted by molar-refractivity contribution is 4.95. The van der Waals surface area contributed by atoms with Gasteiger partial charge in [0.2, 0.25) is 0 Å². The second kappa shape index (κ2) is 25.4. The van der Waals surface area contributed by atoms with Crippen LogP contribution in [-0.2, 0) is 18.9 Å². The summed E-state index contributed by atoms with van der Waals surface area (Å²) in [6.45, 7) is 11.1. The molecule has 0 saturated heterocycles. The van der Waals surface area contributed by atoms with Crippen LogP contribution in [0.4, 0.5) is 0 Å². The van der Waals surface area contributed by atoms with E-state index in [9.17, 15) is 0 Å². The summed E-state index contributed by atoms with van der Waals surface area (Å²) in [6.07, 6.45) is 20.7. The zero-order chi connectivity index (χ0) is 22.8. The molecular weight excluding hydrogens is 388 g/mol. The number of hydrogen-bond acceptors (Lipinski definition) is 4. The molecule has 4 heteroatoms. The first kappa shape index (κ1) is 30.1. The second-order valence-electron chi connectivity index (χ2n) is 8.57. The minimum atomic E-state index is 0.230. The summed E-state index contributed by atoms with van der Waals surface area (Å²) in [7, 11) is 0. The summed E-state index contributed by atoms with van der Waals surface area (Å²) in [5.41, 5.74) is 0. The van der Waals surface area contributed by atoms with E-state index in [-0.39, 0.29) is 6.79 Å². The largest absolute Gasteiger partial charge is 0.491 e. The number of ether oxygens (including phenoxy) is 4. The van der Waals surface area contributed by atoms with Gasteiger partial charge in [-0.05, 0) is 25.7 Å². The predicted octanol–water partition coefficient (Wildman–Crippen LogP) is 8.89. The molecule has 0 heterocycles. The highest BCUT2D eigenvalue weighted by atomic mass is 16.7. The second-order valence-corrected chi connectivity index (χ2v) is 8.57. The number of unbranched alkanes of at least 4 members (excludes halogenated alkanes) is 12. The molecule has 0 unspecified atom stereocenters. The number of hydrogen-bond donors (Lipinski definition) is 0. The van der Waals surface area contributed by atoms with Crippen molar-refractivity contribution in [3.63, 3.8) is 0 Å². The molecule has 186 valence electrons. The number of rotatable bonds is 25. The Kier molecular flexibility index (Phi) is 24.6. The third-order valence-corrected chi connectivity index (χ3v) is 5.33. The van der Waals surface area contributed by atoms with Gasteiger partial charge < -0.3 is 18.9 Å².